The van der Waals surface area contributed by atoms with Gasteiger partial charge in [-0.15, -0.1) is 0 Å². The summed E-state index contributed by atoms with van der Waals surface area (Å²) in [5.41, 5.74) is 0. The summed E-state index contributed by atoms with van der Waals surface area (Å²) in [6.45, 7) is 6.54. The van der Waals surface area contributed by atoms with Crippen molar-refractivity contribution in [3.63, 3.8) is 0 Å². The van der Waals surface area contributed by atoms with E-state index >= 15 is 0 Å². The monoisotopic (exact) mass is 1130 g/mol. The molecule has 6 heteroatoms. The van der Waals surface area contributed by atoms with Crippen LogP contribution in [0.5, 0.6) is 0 Å². The maximum Gasteiger partial charge on any atom is 0.306 e. The van der Waals surface area contributed by atoms with E-state index in [9.17, 15) is 14.4 Å². The molecule has 0 aromatic carbocycles. The van der Waals surface area contributed by atoms with Gasteiger partial charge in [0.25, 0.3) is 0 Å². The highest BCUT2D eigenvalue weighted by Gasteiger charge is 2.19. The lowest BCUT2D eigenvalue weighted by molar-refractivity contribution is -0.167. The number of hydrogen-bond donors (Lipinski definition) is 0. The third kappa shape index (κ3) is 67.5. The molecule has 0 saturated heterocycles. The van der Waals surface area contributed by atoms with Gasteiger partial charge in [-0.25, -0.2) is 0 Å². The summed E-state index contributed by atoms with van der Waals surface area (Å²) < 4.78 is 16.9. The predicted molar refractivity (Wildman–Crippen MR) is 353 cm³/mol. The standard InChI is InChI=1S/C75H134O6/c1-4-7-10-13-16-19-22-25-28-31-32-33-34-35-36-37-38-39-40-41-42-45-47-50-53-56-59-62-65-68-74(77)80-71-72(81-75(78)69-66-63-60-57-54-51-48-44-30-27-24-21-18-15-12-9-6-3)70-79-73(76)67-64-61-58-55-52-49-46-43-29-26-23-20-17-14-11-8-5-2/h9,12,18,21,27,30-32,48,51,57,60,72H,4-8,10-11,13-17,19-20,22-26,28-29,33-47,49-50,52-56,58-59,61-71H2,1-3H3/b12-9-,21-18-,30-27-,32-31-,51-48-,60-57-. The lowest BCUT2D eigenvalue weighted by Crippen LogP contribution is -2.30. The van der Waals surface area contributed by atoms with Crippen LogP contribution in [0.3, 0.4) is 0 Å². The molecule has 0 aromatic heterocycles. The lowest BCUT2D eigenvalue weighted by Gasteiger charge is -2.18. The Bertz CT molecular complexity index is 1490. The van der Waals surface area contributed by atoms with E-state index in [4.69, 9.17) is 14.2 Å². The van der Waals surface area contributed by atoms with Crippen LogP contribution in [0.2, 0.25) is 0 Å². The SMILES string of the molecule is CC/C=C\C/C=C\C/C=C\C/C=C\C/C=C\CCCC(=O)OC(COC(=O)CCCCCCCCCCCCCCCCCCC)COC(=O)CCCCCCCCCCCCCCCCCCC/C=C\CCCCCCCCCC. The molecule has 0 heterocycles. The molecule has 0 fully saturated rings. The number of rotatable bonds is 65. The van der Waals surface area contributed by atoms with Gasteiger partial charge < -0.3 is 14.2 Å². The molecule has 0 aliphatic carbocycles. The summed E-state index contributed by atoms with van der Waals surface area (Å²) in [6, 6.07) is 0. The summed E-state index contributed by atoms with van der Waals surface area (Å²) in [7, 11) is 0. The minimum absolute atomic E-state index is 0.0936. The molecule has 0 amide bonds. The average Bonchev–Trinajstić information content (AvgIpc) is 3.47. The fourth-order valence-corrected chi connectivity index (χ4v) is 10.4. The Labute approximate surface area is 503 Å². The minimum Gasteiger partial charge on any atom is -0.462 e. The molecule has 1 atom stereocenters. The van der Waals surface area contributed by atoms with Crippen molar-refractivity contribution in [1.82, 2.24) is 0 Å². The molecule has 0 spiro atoms. The Hall–Kier alpha value is -3.15. The van der Waals surface area contributed by atoms with Crippen LogP contribution < -0.4 is 0 Å². The van der Waals surface area contributed by atoms with Crippen LogP contribution in [-0.2, 0) is 28.6 Å². The van der Waals surface area contributed by atoms with E-state index in [2.05, 4.69) is 93.7 Å². The van der Waals surface area contributed by atoms with E-state index in [-0.39, 0.29) is 37.5 Å². The quantitative estimate of drug-likeness (QED) is 0.0261. The molecular formula is C75H134O6. The van der Waals surface area contributed by atoms with Crippen LogP contribution in [-0.4, -0.2) is 37.2 Å². The fourth-order valence-electron chi connectivity index (χ4n) is 10.4. The Morgan fingerprint density at radius 2 is 0.494 bits per heavy atom. The Balaban J connectivity index is 4.28. The van der Waals surface area contributed by atoms with Gasteiger partial charge >= 0.3 is 17.9 Å². The van der Waals surface area contributed by atoms with Gasteiger partial charge in [0.05, 0.1) is 0 Å². The van der Waals surface area contributed by atoms with Crippen molar-refractivity contribution in [2.24, 2.45) is 0 Å². The Kier molecular flexibility index (Phi) is 66.6. The average molecular weight is 1130 g/mol. The van der Waals surface area contributed by atoms with Crippen LogP contribution in [0.25, 0.3) is 0 Å². The third-order valence-corrected chi connectivity index (χ3v) is 15.7. The van der Waals surface area contributed by atoms with Gasteiger partial charge in [-0.1, -0.05) is 338 Å². The summed E-state index contributed by atoms with van der Waals surface area (Å²) in [6.07, 6.45) is 90.9. The summed E-state index contributed by atoms with van der Waals surface area (Å²) >= 11 is 0. The van der Waals surface area contributed by atoms with E-state index in [0.717, 1.165) is 77.0 Å². The van der Waals surface area contributed by atoms with Gasteiger partial charge in [0.15, 0.2) is 6.10 Å². The number of carbonyl (C=O) groups excluding carboxylic acids is 3. The summed E-state index contributed by atoms with van der Waals surface area (Å²) in [5.74, 6) is -0.930. The predicted octanol–water partition coefficient (Wildman–Crippen LogP) is 24.4. The zero-order chi connectivity index (χ0) is 58.5. The fraction of sp³-hybridized carbons (Fsp3) is 0.800. The maximum absolute atomic E-state index is 12.9. The number of allylic oxidation sites excluding steroid dienone is 12. The summed E-state index contributed by atoms with van der Waals surface area (Å²) in [5, 5.41) is 0. The van der Waals surface area contributed by atoms with Gasteiger partial charge in [0.2, 0.25) is 0 Å². The molecule has 0 N–H and O–H groups in total. The number of hydrogen-bond acceptors (Lipinski definition) is 6. The van der Waals surface area contributed by atoms with E-state index in [1.807, 2.05) is 0 Å². The van der Waals surface area contributed by atoms with E-state index in [1.165, 1.54) is 244 Å². The number of esters is 3. The summed E-state index contributed by atoms with van der Waals surface area (Å²) in [4.78, 5) is 38.4. The van der Waals surface area contributed by atoms with Crippen LogP contribution in [0.15, 0.2) is 72.9 Å². The zero-order valence-corrected chi connectivity index (χ0v) is 54.1. The van der Waals surface area contributed by atoms with Crippen molar-refractivity contribution < 1.29 is 28.6 Å². The third-order valence-electron chi connectivity index (χ3n) is 15.7. The van der Waals surface area contributed by atoms with Crippen molar-refractivity contribution in [3.05, 3.63) is 72.9 Å². The normalized spacial score (nSPS) is 12.5. The van der Waals surface area contributed by atoms with Gasteiger partial charge in [-0.3, -0.25) is 14.4 Å². The second-order valence-electron chi connectivity index (χ2n) is 23.8. The van der Waals surface area contributed by atoms with Crippen LogP contribution in [0, 0.1) is 0 Å². The van der Waals surface area contributed by atoms with Crippen molar-refractivity contribution in [1.29, 1.82) is 0 Å². The van der Waals surface area contributed by atoms with Crippen molar-refractivity contribution in [2.75, 3.05) is 13.2 Å². The van der Waals surface area contributed by atoms with Gasteiger partial charge in [0, 0.05) is 19.3 Å². The lowest BCUT2D eigenvalue weighted by atomic mass is 10.0. The molecule has 470 valence electrons. The second-order valence-corrected chi connectivity index (χ2v) is 23.8. The molecule has 6 nitrogen and oxygen atoms in total. The molecule has 0 bridgehead atoms. The molecule has 1 unspecified atom stereocenters. The zero-order valence-electron chi connectivity index (χ0n) is 54.1. The van der Waals surface area contributed by atoms with E-state index in [0.29, 0.717) is 19.3 Å². The molecular weight excluding hydrogens is 997 g/mol. The molecule has 0 aliphatic heterocycles. The first kappa shape index (κ1) is 77.9. The highest BCUT2D eigenvalue weighted by atomic mass is 16.6. The number of ether oxygens (including phenoxy) is 3. The van der Waals surface area contributed by atoms with Crippen LogP contribution >= 0.6 is 0 Å². The largest absolute Gasteiger partial charge is 0.462 e. The first-order chi connectivity index (χ1) is 40.0. The van der Waals surface area contributed by atoms with Crippen molar-refractivity contribution in [2.45, 2.75) is 374 Å². The Morgan fingerprint density at radius 3 is 0.802 bits per heavy atom. The van der Waals surface area contributed by atoms with E-state index in [1.54, 1.807) is 0 Å². The first-order valence-corrected chi connectivity index (χ1v) is 35.4. The molecule has 0 aliphatic rings. The number of carbonyl (C=O) groups is 3. The van der Waals surface area contributed by atoms with Crippen molar-refractivity contribution >= 4 is 17.9 Å². The highest BCUT2D eigenvalue weighted by Crippen LogP contribution is 2.18. The first-order valence-electron chi connectivity index (χ1n) is 35.4. The molecule has 0 saturated carbocycles. The topological polar surface area (TPSA) is 78.9 Å². The molecule has 0 rings (SSSR count). The molecule has 81 heavy (non-hydrogen) atoms. The van der Waals surface area contributed by atoms with Crippen LogP contribution in [0.1, 0.15) is 367 Å². The molecule has 0 aromatic rings. The second kappa shape index (κ2) is 69.3. The van der Waals surface area contributed by atoms with Gasteiger partial charge in [0.1, 0.15) is 13.2 Å². The van der Waals surface area contributed by atoms with Crippen LogP contribution in [0.4, 0.5) is 0 Å². The van der Waals surface area contributed by atoms with Gasteiger partial charge in [-0.2, -0.15) is 0 Å². The number of unbranched alkanes of at least 4 members (excludes halogenated alkanes) is 42. The Morgan fingerprint density at radius 1 is 0.259 bits per heavy atom. The smallest absolute Gasteiger partial charge is 0.306 e. The van der Waals surface area contributed by atoms with Gasteiger partial charge in [-0.05, 0) is 83.5 Å². The van der Waals surface area contributed by atoms with E-state index < -0.39 is 6.10 Å². The maximum atomic E-state index is 12.9. The molecule has 0 radical (unpaired) electrons. The van der Waals surface area contributed by atoms with Crippen molar-refractivity contribution in [3.8, 4) is 0 Å². The minimum atomic E-state index is -0.804. The highest BCUT2D eigenvalue weighted by molar-refractivity contribution is 5.71.